The highest BCUT2D eigenvalue weighted by molar-refractivity contribution is 5.98. The Labute approximate surface area is 176 Å². The molecule has 6 N–H and O–H groups in total. The standard InChI is InChI=1S/C19H21F2N9O/c20-12-8-11(16(23)31)17(28-18(12)27-15-4-2-1-3-14(15)22)26-10-7-13(21)19(24-9-10)30-6-5-25-29-30/h5-9,14-15H,1-4,22H2,(H2,23,31)(H2,26,27,28)/t14-,15+/m0/s1. The summed E-state index contributed by atoms with van der Waals surface area (Å²) in [6.07, 6.45) is 7.75. The van der Waals surface area contributed by atoms with E-state index in [0.717, 1.165) is 37.8 Å². The van der Waals surface area contributed by atoms with Gasteiger partial charge in [0.2, 0.25) is 0 Å². The number of aromatic nitrogens is 5. The molecule has 0 unspecified atom stereocenters. The van der Waals surface area contributed by atoms with Crippen LogP contribution < -0.4 is 22.1 Å². The first-order chi connectivity index (χ1) is 14.9. The van der Waals surface area contributed by atoms with Gasteiger partial charge in [-0.05, 0) is 18.9 Å². The molecule has 31 heavy (non-hydrogen) atoms. The molecule has 1 aliphatic rings. The maximum Gasteiger partial charge on any atom is 0.252 e. The van der Waals surface area contributed by atoms with E-state index in [1.807, 2.05) is 0 Å². The van der Waals surface area contributed by atoms with Crippen LogP contribution in [0.1, 0.15) is 36.0 Å². The van der Waals surface area contributed by atoms with Crippen molar-refractivity contribution in [2.24, 2.45) is 11.5 Å². The third-order valence-electron chi connectivity index (χ3n) is 5.11. The molecule has 12 heteroatoms. The molecule has 0 aliphatic heterocycles. The van der Waals surface area contributed by atoms with Gasteiger partial charge in [0, 0.05) is 18.2 Å². The summed E-state index contributed by atoms with van der Waals surface area (Å²) in [5.74, 6) is -2.47. The minimum atomic E-state index is -0.887. The largest absolute Gasteiger partial charge is 0.365 e. The van der Waals surface area contributed by atoms with E-state index in [1.54, 1.807) is 0 Å². The van der Waals surface area contributed by atoms with Gasteiger partial charge < -0.3 is 22.1 Å². The molecule has 3 aromatic heterocycles. The number of pyridine rings is 2. The van der Waals surface area contributed by atoms with Gasteiger partial charge in [-0.1, -0.05) is 18.1 Å². The average Bonchev–Trinajstić information content (AvgIpc) is 3.26. The Balaban J connectivity index is 1.63. The van der Waals surface area contributed by atoms with Crippen LogP contribution in [0.5, 0.6) is 0 Å². The fourth-order valence-corrected chi connectivity index (χ4v) is 3.51. The van der Waals surface area contributed by atoms with Gasteiger partial charge in [-0.15, -0.1) is 5.10 Å². The second kappa shape index (κ2) is 8.60. The molecule has 0 saturated heterocycles. The van der Waals surface area contributed by atoms with E-state index in [-0.39, 0.29) is 40.8 Å². The monoisotopic (exact) mass is 429 g/mol. The number of hydrogen-bond acceptors (Lipinski definition) is 8. The molecule has 0 bridgehead atoms. The van der Waals surface area contributed by atoms with E-state index in [0.29, 0.717) is 0 Å². The molecule has 0 radical (unpaired) electrons. The van der Waals surface area contributed by atoms with E-state index in [9.17, 15) is 13.6 Å². The topological polar surface area (TPSA) is 150 Å². The fraction of sp³-hybridized carbons (Fsp3) is 0.316. The van der Waals surface area contributed by atoms with Crippen molar-refractivity contribution < 1.29 is 13.6 Å². The number of primary amides is 1. The number of carbonyl (C=O) groups is 1. The van der Waals surface area contributed by atoms with Crippen LogP contribution in [0, 0.1) is 11.6 Å². The van der Waals surface area contributed by atoms with Crippen molar-refractivity contribution in [1.82, 2.24) is 25.0 Å². The summed E-state index contributed by atoms with van der Waals surface area (Å²) < 4.78 is 30.2. The van der Waals surface area contributed by atoms with Gasteiger partial charge in [0.1, 0.15) is 5.82 Å². The molecular formula is C19H21F2N9O. The van der Waals surface area contributed by atoms with Crippen LogP contribution in [0.25, 0.3) is 5.82 Å². The van der Waals surface area contributed by atoms with Crippen LogP contribution in [-0.2, 0) is 0 Å². The zero-order valence-corrected chi connectivity index (χ0v) is 16.4. The lowest BCUT2D eigenvalue weighted by molar-refractivity contribution is 0.100. The Morgan fingerprint density at radius 1 is 1.16 bits per heavy atom. The highest BCUT2D eigenvalue weighted by Crippen LogP contribution is 2.27. The molecule has 0 aromatic carbocycles. The molecule has 1 saturated carbocycles. The summed E-state index contributed by atoms with van der Waals surface area (Å²) in [6, 6.07) is 1.85. The molecule has 3 aromatic rings. The lowest BCUT2D eigenvalue weighted by atomic mass is 9.91. The zero-order valence-electron chi connectivity index (χ0n) is 16.4. The molecular weight excluding hydrogens is 408 g/mol. The van der Waals surface area contributed by atoms with Crippen molar-refractivity contribution in [2.75, 3.05) is 10.6 Å². The number of anilines is 3. The molecule has 1 aliphatic carbocycles. The third kappa shape index (κ3) is 4.43. The molecule has 0 spiro atoms. The first-order valence-corrected chi connectivity index (χ1v) is 9.74. The minimum absolute atomic E-state index is 0.0320. The zero-order chi connectivity index (χ0) is 22.0. The Bertz CT molecular complexity index is 1090. The van der Waals surface area contributed by atoms with Crippen LogP contribution in [0.15, 0.2) is 30.7 Å². The summed E-state index contributed by atoms with van der Waals surface area (Å²) >= 11 is 0. The van der Waals surface area contributed by atoms with Crippen LogP contribution >= 0.6 is 0 Å². The van der Waals surface area contributed by atoms with Gasteiger partial charge in [0.25, 0.3) is 5.91 Å². The number of nitrogens with two attached hydrogens (primary N) is 2. The van der Waals surface area contributed by atoms with Crippen LogP contribution in [0.3, 0.4) is 0 Å². The van der Waals surface area contributed by atoms with Gasteiger partial charge in [-0.3, -0.25) is 4.79 Å². The molecule has 1 fully saturated rings. The summed E-state index contributed by atoms with van der Waals surface area (Å²) in [5, 5.41) is 13.1. The van der Waals surface area contributed by atoms with Crippen molar-refractivity contribution in [2.45, 2.75) is 37.8 Å². The van der Waals surface area contributed by atoms with E-state index >= 15 is 0 Å². The number of amides is 1. The maximum absolute atomic E-state index is 14.6. The number of carbonyl (C=O) groups excluding carboxylic acids is 1. The Morgan fingerprint density at radius 3 is 2.65 bits per heavy atom. The van der Waals surface area contributed by atoms with E-state index < -0.39 is 17.5 Å². The molecule has 2 atom stereocenters. The average molecular weight is 429 g/mol. The normalized spacial score (nSPS) is 18.5. The SMILES string of the molecule is NC(=O)c1cc(F)c(N[C@@H]2CCCC[C@@H]2N)nc1Nc1cnc(-n2ccnn2)c(F)c1. The predicted molar refractivity (Wildman–Crippen MR) is 109 cm³/mol. The number of hydrogen-bond donors (Lipinski definition) is 4. The first-order valence-electron chi connectivity index (χ1n) is 9.74. The summed E-state index contributed by atoms with van der Waals surface area (Å²) in [4.78, 5) is 20.0. The Morgan fingerprint density at radius 2 is 1.97 bits per heavy atom. The Kier molecular flexibility index (Phi) is 5.71. The predicted octanol–water partition coefficient (Wildman–Crippen LogP) is 1.86. The van der Waals surface area contributed by atoms with Crippen molar-refractivity contribution in [3.8, 4) is 5.82 Å². The van der Waals surface area contributed by atoms with E-state index in [1.165, 1.54) is 23.3 Å². The number of nitrogens with one attached hydrogen (secondary N) is 2. The number of rotatable bonds is 6. The molecule has 4 rings (SSSR count). The van der Waals surface area contributed by atoms with Gasteiger partial charge in [0.05, 0.1) is 29.8 Å². The van der Waals surface area contributed by atoms with Gasteiger partial charge in [-0.2, -0.15) is 4.68 Å². The van der Waals surface area contributed by atoms with Crippen LogP contribution in [-0.4, -0.2) is 43.0 Å². The second-order valence-electron chi connectivity index (χ2n) is 7.28. The van der Waals surface area contributed by atoms with Gasteiger partial charge in [-0.25, -0.2) is 18.7 Å². The van der Waals surface area contributed by atoms with Crippen molar-refractivity contribution in [3.05, 3.63) is 47.9 Å². The molecule has 1 amide bonds. The van der Waals surface area contributed by atoms with E-state index in [4.69, 9.17) is 11.5 Å². The lowest BCUT2D eigenvalue weighted by Gasteiger charge is -2.30. The quantitative estimate of drug-likeness (QED) is 0.464. The van der Waals surface area contributed by atoms with E-state index in [2.05, 4.69) is 30.9 Å². The molecule has 3 heterocycles. The van der Waals surface area contributed by atoms with Crippen molar-refractivity contribution in [3.63, 3.8) is 0 Å². The van der Waals surface area contributed by atoms with Crippen LogP contribution in [0.2, 0.25) is 0 Å². The summed E-state index contributed by atoms with van der Waals surface area (Å²) in [5.41, 5.74) is 11.5. The smallest absolute Gasteiger partial charge is 0.252 e. The fourth-order valence-electron chi connectivity index (χ4n) is 3.51. The summed E-state index contributed by atoms with van der Waals surface area (Å²) in [7, 11) is 0. The first kappa shape index (κ1) is 20.6. The van der Waals surface area contributed by atoms with Crippen molar-refractivity contribution >= 4 is 23.2 Å². The van der Waals surface area contributed by atoms with Crippen molar-refractivity contribution in [1.29, 1.82) is 0 Å². The van der Waals surface area contributed by atoms with Crippen LogP contribution in [0.4, 0.5) is 26.1 Å². The highest BCUT2D eigenvalue weighted by Gasteiger charge is 2.24. The second-order valence-corrected chi connectivity index (χ2v) is 7.28. The maximum atomic E-state index is 14.6. The third-order valence-corrected chi connectivity index (χ3v) is 5.11. The number of nitrogens with zero attached hydrogens (tertiary/aromatic N) is 5. The highest BCUT2D eigenvalue weighted by atomic mass is 19.1. The van der Waals surface area contributed by atoms with Gasteiger partial charge in [0.15, 0.2) is 23.3 Å². The van der Waals surface area contributed by atoms with Gasteiger partial charge >= 0.3 is 0 Å². The Hall–Kier alpha value is -3.67. The molecule has 10 nitrogen and oxygen atoms in total. The minimum Gasteiger partial charge on any atom is -0.365 e. The molecule has 162 valence electrons. The summed E-state index contributed by atoms with van der Waals surface area (Å²) in [6.45, 7) is 0. The number of halogens is 2. The lowest BCUT2D eigenvalue weighted by Crippen LogP contribution is -2.43.